The molecule has 0 amide bonds. The molecule has 2 aromatic carbocycles. The molecule has 31 heavy (non-hydrogen) atoms. The van der Waals surface area contributed by atoms with E-state index in [9.17, 15) is 0 Å². The monoisotopic (exact) mass is 518 g/mol. The molecular weight excluding hydrogens is 495 g/mol. The number of hydrazone groups is 1. The molecule has 0 radical (unpaired) electrons. The Labute approximate surface area is 203 Å². The summed E-state index contributed by atoms with van der Waals surface area (Å²) in [5.74, 6) is 0.754. The zero-order valence-corrected chi connectivity index (χ0v) is 20.2. The smallest absolute Gasteiger partial charge is 0.212 e. The van der Waals surface area contributed by atoms with E-state index in [4.69, 9.17) is 28.2 Å². The molecule has 162 valence electrons. The molecule has 2 aromatic rings. The molecule has 7 heteroatoms. The van der Waals surface area contributed by atoms with Crippen LogP contribution in [0.5, 0.6) is 0 Å². The average molecular weight is 520 g/mol. The number of fused-ring (bicyclic) bond motifs is 1. The van der Waals surface area contributed by atoms with Gasteiger partial charge in [0, 0.05) is 10.0 Å². The van der Waals surface area contributed by atoms with E-state index in [2.05, 4.69) is 15.8 Å². The van der Waals surface area contributed by atoms with Crippen LogP contribution in [0.3, 0.4) is 0 Å². The lowest BCUT2D eigenvalue weighted by atomic mass is 9.92. The predicted molar refractivity (Wildman–Crippen MR) is 138 cm³/mol. The highest BCUT2D eigenvalue weighted by molar-refractivity contribution is 8.93. The van der Waals surface area contributed by atoms with Gasteiger partial charge in [-0.05, 0) is 60.4 Å². The third-order valence-electron chi connectivity index (χ3n) is 5.27. The van der Waals surface area contributed by atoms with Gasteiger partial charge in [0.1, 0.15) is 0 Å². The zero-order chi connectivity index (χ0) is 20.8. The highest BCUT2D eigenvalue weighted by atomic mass is 79.9. The van der Waals surface area contributed by atoms with Gasteiger partial charge in [-0.25, -0.2) is 10.4 Å². The van der Waals surface area contributed by atoms with Gasteiger partial charge in [-0.2, -0.15) is 5.10 Å². The molecule has 2 unspecified atom stereocenters. The Kier molecular flexibility index (Phi) is 8.76. The van der Waals surface area contributed by atoms with Crippen molar-refractivity contribution in [3.05, 3.63) is 81.9 Å². The second-order valence-electron chi connectivity index (χ2n) is 7.50. The molecule has 1 heterocycles. The Balaban J connectivity index is 0.00000272. The quantitative estimate of drug-likeness (QED) is 0.349. The van der Waals surface area contributed by atoms with E-state index in [0.717, 1.165) is 39.3 Å². The van der Waals surface area contributed by atoms with Crippen LogP contribution in [-0.2, 0) is 0 Å². The maximum absolute atomic E-state index is 5.98. The van der Waals surface area contributed by atoms with Crippen LogP contribution in [-0.4, -0.2) is 23.8 Å². The van der Waals surface area contributed by atoms with E-state index >= 15 is 0 Å². The van der Waals surface area contributed by atoms with E-state index in [1.54, 1.807) is 0 Å². The van der Waals surface area contributed by atoms with Crippen molar-refractivity contribution in [3.63, 3.8) is 0 Å². The fraction of sp³-hybridized carbons (Fsp3) is 0.250. The lowest BCUT2D eigenvalue weighted by molar-refractivity contribution is 0.384. The SMILES string of the molecule is Br.Clc1ccc(C=CC(C=Cc2ccc(Cl)cc2)=NNC2=NC3CCCCC3N2)cc1. The number of hydrogen-bond acceptors (Lipinski definition) is 4. The van der Waals surface area contributed by atoms with Crippen molar-refractivity contribution in [1.82, 2.24) is 10.7 Å². The summed E-state index contributed by atoms with van der Waals surface area (Å²) in [6.07, 6.45) is 12.8. The number of hydrogen-bond donors (Lipinski definition) is 2. The molecular formula is C24H25BrCl2N4. The summed E-state index contributed by atoms with van der Waals surface area (Å²) in [6, 6.07) is 16.2. The highest BCUT2D eigenvalue weighted by Crippen LogP contribution is 2.24. The van der Waals surface area contributed by atoms with Crippen LogP contribution in [0.1, 0.15) is 36.8 Å². The number of nitrogens with one attached hydrogen (secondary N) is 2. The van der Waals surface area contributed by atoms with E-state index in [0.29, 0.717) is 12.1 Å². The molecule has 0 spiro atoms. The minimum atomic E-state index is 0. The Morgan fingerprint density at radius 1 is 0.903 bits per heavy atom. The summed E-state index contributed by atoms with van der Waals surface area (Å²) in [5, 5.41) is 9.48. The van der Waals surface area contributed by atoms with Gasteiger partial charge in [0.2, 0.25) is 5.96 Å². The first-order valence-electron chi connectivity index (χ1n) is 10.2. The van der Waals surface area contributed by atoms with Gasteiger partial charge in [0.05, 0.1) is 17.8 Å². The minimum Gasteiger partial charge on any atom is -0.350 e. The van der Waals surface area contributed by atoms with Crippen molar-refractivity contribution in [2.45, 2.75) is 37.8 Å². The third kappa shape index (κ3) is 6.96. The average Bonchev–Trinajstić information content (AvgIpc) is 3.18. The van der Waals surface area contributed by atoms with Crippen molar-refractivity contribution in [2.75, 3.05) is 0 Å². The van der Waals surface area contributed by atoms with E-state index in [-0.39, 0.29) is 17.0 Å². The minimum absolute atomic E-state index is 0. The first kappa shape index (κ1) is 23.6. The Morgan fingerprint density at radius 3 is 2.00 bits per heavy atom. The number of nitrogens with zero attached hydrogens (tertiary/aromatic N) is 2. The summed E-state index contributed by atoms with van der Waals surface area (Å²) >= 11 is 12.0. The number of rotatable bonds is 5. The van der Waals surface area contributed by atoms with Gasteiger partial charge in [-0.3, -0.25) is 0 Å². The molecule has 1 saturated carbocycles. The fourth-order valence-corrected chi connectivity index (χ4v) is 3.88. The van der Waals surface area contributed by atoms with Crippen LogP contribution in [0.25, 0.3) is 12.2 Å². The van der Waals surface area contributed by atoms with Gasteiger partial charge in [-0.15, -0.1) is 17.0 Å². The first-order valence-corrected chi connectivity index (χ1v) is 11.0. The maximum Gasteiger partial charge on any atom is 0.212 e. The first-order chi connectivity index (χ1) is 14.7. The normalized spacial score (nSPS) is 20.0. The largest absolute Gasteiger partial charge is 0.350 e. The Morgan fingerprint density at radius 2 is 1.45 bits per heavy atom. The Bertz CT molecular complexity index is 924. The molecule has 2 N–H and O–H groups in total. The van der Waals surface area contributed by atoms with E-state index in [1.165, 1.54) is 19.3 Å². The Hall–Kier alpha value is -2.08. The van der Waals surface area contributed by atoms with Gasteiger partial charge in [-0.1, -0.05) is 72.5 Å². The van der Waals surface area contributed by atoms with Crippen molar-refractivity contribution in [2.24, 2.45) is 10.1 Å². The van der Waals surface area contributed by atoms with Gasteiger partial charge in [0.25, 0.3) is 0 Å². The van der Waals surface area contributed by atoms with Crippen molar-refractivity contribution in [3.8, 4) is 0 Å². The summed E-state index contributed by atoms with van der Waals surface area (Å²) < 4.78 is 0. The second-order valence-corrected chi connectivity index (χ2v) is 8.37. The topological polar surface area (TPSA) is 48.8 Å². The van der Waals surface area contributed by atoms with Crippen molar-refractivity contribution < 1.29 is 0 Å². The molecule has 2 atom stereocenters. The van der Waals surface area contributed by atoms with Crippen LogP contribution in [0.4, 0.5) is 0 Å². The van der Waals surface area contributed by atoms with Crippen LogP contribution < -0.4 is 10.7 Å². The van der Waals surface area contributed by atoms with Gasteiger partial charge < -0.3 is 5.32 Å². The van der Waals surface area contributed by atoms with Crippen molar-refractivity contribution >= 4 is 64.0 Å². The van der Waals surface area contributed by atoms with Crippen LogP contribution in [0.2, 0.25) is 10.0 Å². The van der Waals surface area contributed by atoms with Crippen molar-refractivity contribution in [1.29, 1.82) is 0 Å². The van der Waals surface area contributed by atoms with E-state index in [1.807, 2.05) is 72.8 Å². The lowest BCUT2D eigenvalue weighted by Gasteiger charge is -2.22. The molecule has 2 aliphatic rings. The molecule has 1 aliphatic carbocycles. The third-order valence-corrected chi connectivity index (χ3v) is 5.77. The molecule has 0 aromatic heterocycles. The molecule has 4 nitrogen and oxygen atoms in total. The number of aliphatic imine (C=N–C) groups is 1. The number of halogens is 3. The highest BCUT2D eigenvalue weighted by Gasteiger charge is 2.30. The van der Waals surface area contributed by atoms with E-state index < -0.39 is 0 Å². The van der Waals surface area contributed by atoms with Gasteiger partial charge in [0.15, 0.2) is 0 Å². The standard InChI is InChI=1S/C24H24Cl2N4.BrH/c25-19-11-5-17(6-12-19)9-15-21(16-10-18-7-13-20(26)14-8-18)29-30-24-27-22-3-1-2-4-23(22)28-24;/h5-16,22-23H,1-4H2,(H2,27,28,30);1H. The number of benzene rings is 2. The predicted octanol–water partition coefficient (Wildman–Crippen LogP) is 6.51. The zero-order valence-electron chi connectivity index (χ0n) is 17.0. The summed E-state index contributed by atoms with van der Waals surface area (Å²) in [5.41, 5.74) is 5.99. The molecule has 1 aliphatic heterocycles. The number of guanidine groups is 1. The summed E-state index contributed by atoms with van der Waals surface area (Å²) in [6.45, 7) is 0. The van der Waals surface area contributed by atoms with Crippen LogP contribution in [0, 0.1) is 0 Å². The van der Waals surface area contributed by atoms with Gasteiger partial charge >= 0.3 is 0 Å². The lowest BCUT2D eigenvalue weighted by Crippen LogP contribution is -2.40. The fourth-order valence-electron chi connectivity index (χ4n) is 3.63. The number of allylic oxidation sites excluding steroid dienone is 2. The molecule has 0 saturated heterocycles. The molecule has 0 bridgehead atoms. The molecule has 4 rings (SSSR count). The maximum atomic E-state index is 5.98. The summed E-state index contributed by atoms with van der Waals surface area (Å²) in [7, 11) is 0. The summed E-state index contributed by atoms with van der Waals surface area (Å²) in [4.78, 5) is 4.75. The van der Waals surface area contributed by atoms with Crippen LogP contribution in [0.15, 0.2) is 70.8 Å². The molecule has 1 fully saturated rings. The van der Waals surface area contributed by atoms with Crippen LogP contribution >= 0.6 is 40.2 Å². The second kappa shape index (κ2) is 11.5.